The van der Waals surface area contributed by atoms with Crippen molar-refractivity contribution in [3.63, 3.8) is 0 Å². The average Bonchev–Trinajstić information content (AvgIpc) is 2.86. The summed E-state index contributed by atoms with van der Waals surface area (Å²) in [7, 11) is 0. The molecule has 6 atom stereocenters. The third kappa shape index (κ3) is 3.09. The molecule has 0 spiro atoms. The van der Waals surface area contributed by atoms with E-state index in [4.69, 9.17) is 0 Å². The van der Waals surface area contributed by atoms with E-state index < -0.39 is 0 Å². The second-order valence-corrected chi connectivity index (χ2v) is 11.7. The number of imide groups is 2. The molecule has 0 bridgehead atoms. The van der Waals surface area contributed by atoms with E-state index in [1.807, 2.05) is 0 Å². The Morgan fingerprint density at radius 3 is 1.14 bits per heavy atom. The Balaban J connectivity index is 1.47. The number of nitrogens with zero attached hydrogens (tertiary/aromatic N) is 2. The molecule has 0 aromatic heterocycles. The van der Waals surface area contributed by atoms with E-state index in [-0.39, 0.29) is 47.5 Å². The summed E-state index contributed by atoms with van der Waals surface area (Å²) in [5.41, 5.74) is 1.68. The van der Waals surface area contributed by atoms with Gasteiger partial charge < -0.3 is 0 Å². The predicted octanol–water partition coefficient (Wildman–Crippen LogP) is 5.68. The van der Waals surface area contributed by atoms with Crippen LogP contribution in [0.5, 0.6) is 0 Å². The maximum Gasteiger partial charge on any atom is 0.261 e. The minimum Gasteiger partial charge on any atom is -0.271 e. The third-order valence-electron chi connectivity index (χ3n) is 9.95. The van der Waals surface area contributed by atoms with Crippen LogP contribution < -0.4 is 0 Å². The maximum atomic E-state index is 13.8. The number of carbonyl (C=O) groups is 4. The van der Waals surface area contributed by atoms with Crippen LogP contribution in [0.3, 0.4) is 0 Å². The van der Waals surface area contributed by atoms with E-state index in [9.17, 15) is 19.2 Å². The van der Waals surface area contributed by atoms with E-state index in [0.717, 1.165) is 38.5 Å². The summed E-state index contributed by atoms with van der Waals surface area (Å²) >= 11 is 0. The molecule has 2 saturated carbocycles. The highest BCUT2D eigenvalue weighted by molar-refractivity contribution is 6.33. The van der Waals surface area contributed by atoms with Gasteiger partial charge in [0, 0.05) is 45.1 Å². The van der Waals surface area contributed by atoms with E-state index in [1.54, 1.807) is 24.3 Å². The number of carbonyl (C=O) groups excluding carboxylic acids is 4. The zero-order valence-electron chi connectivity index (χ0n) is 21.5. The monoisotopic (exact) mass is 486 g/mol. The Hall–Kier alpha value is -3.02. The fraction of sp³-hybridized carbons (Fsp3) is 0.533. The molecule has 0 unspecified atom stereocenters. The zero-order chi connectivity index (χ0) is 25.5. The van der Waals surface area contributed by atoms with Gasteiger partial charge in [0.2, 0.25) is 0 Å². The van der Waals surface area contributed by atoms with Crippen LogP contribution >= 0.6 is 0 Å². The Morgan fingerprint density at radius 2 is 0.833 bits per heavy atom. The molecule has 2 aromatic carbocycles. The SMILES string of the molecule is C[C@@H]1[C@@H](C)CCC[C@@H]1N1C(=O)c2ccc3c4c(ccc(c24)C1=O)C(=O)N([C@@H]1CCC[C@@H](C)[C@@H]1C)C3=O. The minimum atomic E-state index is -0.306. The number of hydrogen-bond acceptors (Lipinski definition) is 4. The maximum absolute atomic E-state index is 13.8. The first-order valence-electron chi connectivity index (χ1n) is 13.6. The minimum absolute atomic E-state index is 0.141. The molecule has 6 heteroatoms. The zero-order valence-corrected chi connectivity index (χ0v) is 21.5. The van der Waals surface area contributed by atoms with Gasteiger partial charge in [0.05, 0.1) is 0 Å². The van der Waals surface area contributed by atoms with Gasteiger partial charge >= 0.3 is 0 Å². The van der Waals surface area contributed by atoms with Crippen molar-refractivity contribution in [2.75, 3.05) is 0 Å². The summed E-state index contributed by atoms with van der Waals surface area (Å²) in [6, 6.07) is 6.51. The third-order valence-corrected chi connectivity index (χ3v) is 9.95. The number of benzene rings is 2. The fourth-order valence-electron chi connectivity index (χ4n) is 7.35. The molecule has 2 aromatic rings. The first kappa shape index (κ1) is 23.4. The second kappa shape index (κ2) is 8.25. The summed E-state index contributed by atoms with van der Waals surface area (Å²) < 4.78 is 0. The first-order chi connectivity index (χ1) is 17.2. The van der Waals surface area contributed by atoms with Gasteiger partial charge in [-0.2, -0.15) is 0 Å². The Morgan fingerprint density at radius 1 is 0.528 bits per heavy atom. The molecule has 4 amide bonds. The number of rotatable bonds is 2. The van der Waals surface area contributed by atoms with Crippen molar-refractivity contribution in [1.82, 2.24) is 9.80 Å². The second-order valence-electron chi connectivity index (χ2n) is 11.7. The van der Waals surface area contributed by atoms with Crippen molar-refractivity contribution in [2.45, 2.75) is 78.3 Å². The largest absolute Gasteiger partial charge is 0.271 e. The molecular formula is C30H34N2O4. The first-order valence-corrected chi connectivity index (χ1v) is 13.6. The van der Waals surface area contributed by atoms with Crippen LogP contribution in [0, 0.1) is 23.7 Å². The molecule has 0 N–H and O–H groups in total. The van der Waals surface area contributed by atoms with E-state index in [1.165, 1.54) is 9.80 Å². The van der Waals surface area contributed by atoms with Crippen molar-refractivity contribution in [1.29, 1.82) is 0 Å². The van der Waals surface area contributed by atoms with Gasteiger partial charge in [-0.25, -0.2) is 0 Å². The van der Waals surface area contributed by atoms with Crippen LogP contribution in [-0.4, -0.2) is 45.5 Å². The van der Waals surface area contributed by atoms with Gasteiger partial charge in [-0.15, -0.1) is 0 Å². The highest BCUT2D eigenvalue weighted by atomic mass is 16.2. The molecule has 2 fully saturated rings. The molecule has 2 heterocycles. The van der Waals surface area contributed by atoms with Crippen LogP contribution in [0.15, 0.2) is 24.3 Å². The van der Waals surface area contributed by atoms with Crippen molar-refractivity contribution in [3.8, 4) is 0 Å². The fourth-order valence-corrected chi connectivity index (χ4v) is 7.35. The Kier molecular flexibility index (Phi) is 5.36. The van der Waals surface area contributed by atoms with Crippen molar-refractivity contribution in [2.24, 2.45) is 23.7 Å². The summed E-state index contributed by atoms with van der Waals surface area (Å²) in [5, 5.41) is 0.943. The van der Waals surface area contributed by atoms with Crippen LogP contribution in [0.4, 0.5) is 0 Å². The summed E-state index contributed by atoms with van der Waals surface area (Å²) in [6.07, 6.45) is 5.80. The predicted molar refractivity (Wildman–Crippen MR) is 137 cm³/mol. The van der Waals surface area contributed by atoms with Gasteiger partial charge in [0.1, 0.15) is 0 Å². The van der Waals surface area contributed by atoms with Gasteiger partial charge in [-0.1, -0.05) is 53.4 Å². The lowest BCUT2D eigenvalue weighted by Gasteiger charge is -2.43. The summed E-state index contributed by atoms with van der Waals surface area (Å²) in [5.74, 6) is 0.0895. The van der Waals surface area contributed by atoms with Gasteiger partial charge in [-0.05, 0) is 60.8 Å². The van der Waals surface area contributed by atoms with E-state index in [0.29, 0.717) is 44.9 Å². The Bertz CT molecular complexity index is 1160. The van der Waals surface area contributed by atoms with Gasteiger partial charge in [0.15, 0.2) is 0 Å². The van der Waals surface area contributed by atoms with Crippen LogP contribution in [0.2, 0.25) is 0 Å². The molecule has 2 aliphatic carbocycles. The Labute approximate surface area is 212 Å². The van der Waals surface area contributed by atoms with Gasteiger partial charge in [-0.3, -0.25) is 29.0 Å². The quantitative estimate of drug-likeness (QED) is 0.512. The number of hydrogen-bond donors (Lipinski definition) is 0. The molecule has 2 aliphatic heterocycles. The molecule has 4 aliphatic rings. The summed E-state index contributed by atoms with van der Waals surface area (Å²) in [4.78, 5) is 58.0. The van der Waals surface area contributed by atoms with E-state index >= 15 is 0 Å². The molecule has 6 nitrogen and oxygen atoms in total. The highest BCUT2D eigenvalue weighted by Crippen LogP contribution is 2.43. The molecule has 36 heavy (non-hydrogen) atoms. The van der Waals surface area contributed by atoms with Crippen molar-refractivity contribution in [3.05, 3.63) is 46.5 Å². The van der Waals surface area contributed by atoms with E-state index in [2.05, 4.69) is 27.7 Å². The lowest BCUT2D eigenvalue weighted by Crippen LogP contribution is -2.53. The van der Waals surface area contributed by atoms with Crippen LogP contribution in [0.25, 0.3) is 10.8 Å². The van der Waals surface area contributed by atoms with Gasteiger partial charge in [0.25, 0.3) is 23.6 Å². The summed E-state index contributed by atoms with van der Waals surface area (Å²) in [6.45, 7) is 8.63. The highest BCUT2D eigenvalue weighted by Gasteiger charge is 2.46. The topological polar surface area (TPSA) is 74.8 Å². The van der Waals surface area contributed by atoms with Crippen molar-refractivity contribution < 1.29 is 19.2 Å². The lowest BCUT2D eigenvalue weighted by molar-refractivity contribution is 0.0365. The number of amides is 4. The van der Waals surface area contributed by atoms with Crippen molar-refractivity contribution >= 4 is 34.4 Å². The smallest absolute Gasteiger partial charge is 0.261 e. The molecule has 6 rings (SSSR count). The lowest BCUT2D eigenvalue weighted by atomic mass is 9.75. The average molecular weight is 487 g/mol. The normalized spacial score (nSPS) is 32.4. The standard InChI is InChI=1S/C30H34N2O4/c1-15-7-5-9-23(17(15)3)31-27(33)19-11-13-21-26-22(14-12-20(25(19)26)28(31)34)30(36)32(29(21)35)24-10-6-8-16(2)18(24)4/h11-18,23-24H,5-10H2,1-4H3/t15-,16+,17+,18-,23-,24+. The molecule has 0 saturated heterocycles. The molecular weight excluding hydrogens is 452 g/mol. The molecule has 188 valence electrons. The van der Waals surface area contributed by atoms with Crippen LogP contribution in [0.1, 0.15) is 108 Å². The molecule has 0 radical (unpaired) electrons. The van der Waals surface area contributed by atoms with Crippen LogP contribution in [-0.2, 0) is 0 Å².